The fraction of sp³-hybridized carbons (Fsp3) is 0.652. The second kappa shape index (κ2) is 10.6. The van der Waals surface area contributed by atoms with Crippen LogP contribution >= 0.6 is 0 Å². The maximum absolute atomic E-state index is 11.5. The molecule has 1 unspecified atom stereocenters. The Hall–Kier alpha value is -1.93. The molecule has 0 aliphatic carbocycles. The summed E-state index contributed by atoms with van der Waals surface area (Å²) < 4.78 is 28.4. The topological polar surface area (TPSA) is 77.7 Å². The molecule has 2 atom stereocenters. The van der Waals surface area contributed by atoms with E-state index in [1.54, 1.807) is 6.26 Å². The first-order valence-electron chi connectivity index (χ1n) is 11.3. The van der Waals surface area contributed by atoms with Crippen molar-refractivity contribution >= 4 is 16.7 Å². The van der Waals surface area contributed by atoms with Crippen molar-refractivity contribution in [1.82, 2.24) is 10.1 Å². The zero-order valence-corrected chi connectivity index (χ0v) is 19.3. The van der Waals surface area contributed by atoms with Gasteiger partial charge in [-0.05, 0) is 73.4 Å². The molecule has 0 N–H and O–H groups in total. The third-order valence-corrected chi connectivity index (χ3v) is 7.56. The number of ether oxygens (including phenoxy) is 2. The number of piperidine rings is 1. The summed E-state index contributed by atoms with van der Waals surface area (Å²) in [6, 6.07) is 7.55. The molecule has 0 bridgehead atoms. The molecular formula is C23H33N3O4S. The molecule has 1 aromatic heterocycles. The van der Waals surface area contributed by atoms with E-state index in [4.69, 9.17) is 14.0 Å². The van der Waals surface area contributed by atoms with Gasteiger partial charge < -0.3 is 18.9 Å². The molecule has 0 spiro atoms. The van der Waals surface area contributed by atoms with Gasteiger partial charge in [-0.15, -0.1) is 0 Å². The molecule has 2 fully saturated rings. The van der Waals surface area contributed by atoms with Crippen molar-refractivity contribution in [3.63, 3.8) is 0 Å². The maximum Gasteiger partial charge on any atom is 0.266 e. The first-order chi connectivity index (χ1) is 15.1. The molecule has 2 aliphatic heterocycles. The van der Waals surface area contributed by atoms with Crippen molar-refractivity contribution in [2.45, 2.75) is 49.8 Å². The predicted octanol–water partition coefficient (Wildman–Crippen LogP) is 4.02. The summed E-state index contributed by atoms with van der Waals surface area (Å²) in [5, 5.41) is 4.25. The fourth-order valence-electron chi connectivity index (χ4n) is 4.46. The zero-order chi connectivity index (χ0) is 21.6. The van der Waals surface area contributed by atoms with Gasteiger partial charge in [0.2, 0.25) is 5.89 Å². The van der Waals surface area contributed by atoms with E-state index in [9.17, 15) is 4.21 Å². The Balaban J connectivity index is 1.19. The SMILES string of the molecule is C[C@H](CCOc1ccc(S(C)=O)cc1)C1CCN(c2noc(C3CCOCC3)n2)CC1. The van der Waals surface area contributed by atoms with Crippen LogP contribution in [0.15, 0.2) is 33.7 Å². The molecule has 1 aromatic carbocycles. The summed E-state index contributed by atoms with van der Waals surface area (Å²) in [4.78, 5) is 7.76. The lowest BCUT2D eigenvalue weighted by Crippen LogP contribution is -2.36. The Morgan fingerprint density at radius 3 is 2.55 bits per heavy atom. The molecule has 3 heterocycles. The molecule has 8 heteroatoms. The normalized spacial score (nSPS) is 20.5. The summed E-state index contributed by atoms with van der Waals surface area (Å²) in [5.41, 5.74) is 0. The monoisotopic (exact) mass is 447 g/mol. The highest BCUT2D eigenvalue weighted by Crippen LogP contribution is 2.31. The van der Waals surface area contributed by atoms with E-state index in [2.05, 4.69) is 22.0 Å². The van der Waals surface area contributed by atoms with Gasteiger partial charge in [0.1, 0.15) is 5.75 Å². The highest BCUT2D eigenvalue weighted by Gasteiger charge is 2.28. The first kappa shape index (κ1) is 22.3. The van der Waals surface area contributed by atoms with Crippen LogP contribution < -0.4 is 9.64 Å². The van der Waals surface area contributed by atoms with Crippen molar-refractivity contribution in [2.75, 3.05) is 44.1 Å². The maximum atomic E-state index is 11.5. The summed E-state index contributed by atoms with van der Waals surface area (Å²) in [6.07, 6.45) is 6.92. The van der Waals surface area contributed by atoms with Gasteiger partial charge in [0.25, 0.3) is 5.95 Å². The van der Waals surface area contributed by atoms with Gasteiger partial charge in [0, 0.05) is 54.2 Å². The van der Waals surface area contributed by atoms with Gasteiger partial charge in [0.15, 0.2) is 0 Å². The molecule has 4 rings (SSSR count). The van der Waals surface area contributed by atoms with Crippen LogP contribution in [0.25, 0.3) is 0 Å². The lowest BCUT2D eigenvalue weighted by Gasteiger charge is -2.34. The summed E-state index contributed by atoms with van der Waals surface area (Å²) >= 11 is 0. The van der Waals surface area contributed by atoms with E-state index in [1.807, 2.05) is 24.3 Å². The number of rotatable bonds is 8. The van der Waals surface area contributed by atoms with Crippen LogP contribution in [-0.4, -0.2) is 53.5 Å². The summed E-state index contributed by atoms with van der Waals surface area (Å²) in [6.45, 7) is 6.52. The molecule has 170 valence electrons. The van der Waals surface area contributed by atoms with Crippen molar-refractivity contribution in [2.24, 2.45) is 11.8 Å². The molecule has 2 aliphatic rings. The Kier molecular flexibility index (Phi) is 7.61. The number of hydrogen-bond donors (Lipinski definition) is 0. The minimum Gasteiger partial charge on any atom is -0.494 e. The molecule has 0 amide bonds. The number of aromatic nitrogens is 2. The van der Waals surface area contributed by atoms with Gasteiger partial charge in [-0.2, -0.15) is 4.98 Å². The second-order valence-electron chi connectivity index (χ2n) is 8.68. The summed E-state index contributed by atoms with van der Waals surface area (Å²) in [7, 11) is -0.950. The first-order valence-corrected chi connectivity index (χ1v) is 12.9. The second-order valence-corrected chi connectivity index (χ2v) is 10.1. The van der Waals surface area contributed by atoms with Gasteiger partial charge in [-0.1, -0.05) is 6.92 Å². The molecule has 2 saturated heterocycles. The molecule has 2 aromatic rings. The average molecular weight is 448 g/mol. The Bertz CT molecular complexity index is 843. The number of hydrogen-bond acceptors (Lipinski definition) is 7. The Morgan fingerprint density at radius 1 is 1.16 bits per heavy atom. The number of nitrogens with zero attached hydrogens (tertiary/aromatic N) is 3. The van der Waals surface area contributed by atoms with E-state index in [-0.39, 0.29) is 0 Å². The van der Waals surface area contributed by atoms with Crippen molar-refractivity contribution in [3.8, 4) is 5.75 Å². The lowest BCUT2D eigenvalue weighted by molar-refractivity contribution is 0.0778. The van der Waals surface area contributed by atoms with Gasteiger partial charge in [-0.25, -0.2) is 0 Å². The summed E-state index contributed by atoms with van der Waals surface area (Å²) in [5.74, 6) is 3.98. The van der Waals surface area contributed by atoms with Crippen molar-refractivity contribution in [1.29, 1.82) is 0 Å². The van der Waals surface area contributed by atoms with Gasteiger partial charge >= 0.3 is 0 Å². The Labute approximate surface area is 186 Å². The van der Waals surface area contributed by atoms with Crippen LogP contribution in [0.2, 0.25) is 0 Å². The smallest absolute Gasteiger partial charge is 0.266 e. The van der Waals surface area contributed by atoms with Crippen LogP contribution in [0, 0.1) is 11.8 Å². The largest absolute Gasteiger partial charge is 0.494 e. The van der Waals surface area contributed by atoms with E-state index in [1.165, 1.54) is 0 Å². The minimum absolute atomic E-state index is 0.341. The van der Waals surface area contributed by atoms with Crippen LogP contribution in [0.4, 0.5) is 5.95 Å². The average Bonchev–Trinajstić information content (AvgIpc) is 3.30. The minimum atomic E-state index is -0.950. The van der Waals surface area contributed by atoms with Crippen LogP contribution in [0.5, 0.6) is 5.75 Å². The van der Waals surface area contributed by atoms with E-state index < -0.39 is 10.8 Å². The lowest BCUT2D eigenvalue weighted by atomic mass is 9.84. The molecule has 7 nitrogen and oxygen atoms in total. The zero-order valence-electron chi connectivity index (χ0n) is 18.5. The van der Waals surface area contributed by atoms with Crippen LogP contribution in [0.1, 0.15) is 50.8 Å². The third-order valence-electron chi connectivity index (χ3n) is 6.63. The fourth-order valence-corrected chi connectivity index (χ4v) is 4.98. The number of anilines is 1. The molecule has 0 saturated carbocycles. The predicted molar refractivity (Wildman–Crippen MR) is 120 cm³/mol. The van der Waals surface area contributed by atoms with Crippen LogP contribution in [0.3, 0.4) is 0 Å². The van der Waals surface area contributed by atoms with Crippen LogP contribution in [-0.2, 0) is 15.5 Å². The van der Waals surface area contributed by atoms with E-state index >= 15 is 0 Å². The standard InChI is InChI=1S/C23H33N3O4S/c1-17(9-16-29-20-3-5-21(6-4-20)31(2)27)18-7-12-26(13-8-18)23-24-22(30-25-23)19-10-14-28-15-11-19/h3-6,17-19H,7-16H2,1-2H3/t17-,31?/m1/s1. The van der Waals surface area contributed by atoms with Gasteiger partial charge in [0.05, 0.1) is 6.61 Å². The van der Waals surface area contributed by atoms with E-state index in [0.29, 0.717) is 24.4 Å². The highest BCUT2D eigenvalue weighted by atomic mass is 32.2. The number of benzene rings is 1. The Morgan fingerprint density at radius 2 is 1.87 bits per heavy atom. The van der Waals surface area contributed by atoms with Gasteiger partial charge in [-0.3, -0.25) is 4.21 Å². The molecular weight excluding hydrogens is 414 g/mol. The molecule has 31 heavy (non-hydrogen) atoms. The van der Waals surface area contributed by atoms with Crippen molar-refractivity contribution in [3.05, 3.63) is 30.2 Å². The van der Waals surface area contributed by atoms with E-state index in [0.717, 1.165) is 80.9 Å². The quantitative estimate of drug-likeness (QED) is 0.605. The molecule has 0 radical (unpaired) electrons. The third kappa shape index (κ3) is 5.86. The highest BCUT2D eigenvalue weighted by molar-refractivity contribution is 7.84. The van der Waals surface area contributed by atoms with Crippen molar-refractivity contribution < 1.29 is 18.2 Å².